The third-order valence-corrected chi connectivity index (χ3v) is 11.5. The molecule has 0 spiro atoms. The molecular weight excluding hydrogens is 825 g/mol. The predicted octanol–water partition coefficient (Wildman–Crippen LogP) is 7.61. The van der Waals surface area contributed by atoms with Gasteiger partial charge in [0, 0.05) is 25.6 Å². The van der Waals surface area contributed by atoms with Gasteiger partial charge < -0.3 is 35.8 Å². The quantitative estimate of drug-likeness (QED) is 0.0670. The first-order chi connectivity index (χ1) is 30.8. The Balaban J connectivity index is 1.59. The molecule has 0 bridgehead atoms. The third-order valence-electron chi connectivity index (χ3n) is 11.5. The first-order valence-electron chi connectivity index (χ1n) is 23.3. The summed E-state index contributed by atoms with van der Waals surface area (Å²) in [7, 11) is 0. The van der Waals surface area contributed by atoms with Gasteiger partial charge in [-0.1, -0.05) is 113 Å². The minimum atomic E-state index is -1.27. The van der Waals surface area contributed by atoms with Crippen LogP contribution in [0.5, 0.6) is 0 Å². The minimum absolute atomic E-state index is 0.0134. The topological polar surface area (TPSA) is 190 Å². The van der Waals surface area contributed by atoms with Gasteiger partial charge in [0.05, 0.1) is 17.8 Å². The summed E-state index contributed by atoms with van der Waals surface area (Å²) < 4.78 is 12.3. The Morgan fingerprint density at radius 1 is 0.800 bits per heavy atom. The summed E-state index contributed by atoms with van der Waals surface area (Å²) in [6.45, 7) is 15.1. The fraction of sp³-hybridized carbons (Fsp3) is 0.569. The van der Waals surface area contributed by atoms with Crippen LogP contribution in [0.15, 0.2) is 85.3 Å². The Bertz CT molecular complexity index is 1980. The van der Waals surface area contributed by atoms with Crippen molar-refractivity contribution in [3.63, 3.8) is 0 Å². The molecule has 1 aliphatic rings. The largest absolute Gasteiger partial charge is 0.444 e. The van der Waals surface area contributed by atoms with E-state index in [1.165, 1.54) is 17.1 Å². The molecule has 2 aromatic carbocycles. The number of carbonyl (C=O) groups is 5. The zero-order valence-electron chi connectivity index (χ0n) is 39.8. The summed E-state index contributed by atoms with van der Waals surface area (Å²) >= 11 is 0. The van der Waals surface area contributed by atoms with E-state index in [1.54, 1.807) is 47.6 Å². The van der Waals surface area contributed by atoms with E-state index in [0.29, 0.717) is 31.5 Å². The van der Waals surface area contributed by atoms with Gasteiger partial charge in [0.25, 0.3) is 0 Å². The molecule has 4 amide bonds. The maximum Gasteiger partial charge on any atom is 0.420 e. The number of imidazole rings is 1. The number of ether oxygens (including phenoxy) is 2. The number of aliphatic hydroxyl groups is 1. The van der Waals surface area contributed by atoms with Gasteiger partial charge in [0.2, 0.25) is 17.7 Å². The van der Waals surface area contributed by atoms with Gasteiger partial charge in [-0.15, -0.1) is 0 Å². The molecule has 4 rings (SSSR count). The maximum absolute atomic E-state index is 14.8. The van der Waals surface area contributed by atoms with E-state index in [0.717, 1.165) is 49.7 Å². The number of allylic oxidation sites excluding steroid dienone is 1. The van der Waals surface area contributed by atoms with Crippen LogP contribution in [0.3, 0.4) is 0 Å². The molecule has 0 saturated heterocycles. The van der Waals surface area contributed by atoms with Crippen LogP contribution in [-0.4, -0.2) is 86.5 Å². The Morgan fingerprint density at radius 2 is 1.40 bits per heavy atom. The van der Waals surface area contributed by atoms with Crippen molar-refractivity contribution in [3.05, 3.63) is 102 Å². The molecular formula is C51H74N6O8. The number of carbonyl (C=O) groups excluding carboxylic acids is 5. The standard InChI is InChI=1S/C51H74N6O8/c1-35(2)39(25-18-26-45(59)53-28-27-36-19-12-9-13-20-36)31-44(58)41(29-37-21-14-10-15-22-37)54-47(61)43(32-40-33-52-34-57(40)49(63)65-51(6,7)8)55-46(60)42(30-38-23-16-11-17-24-38)56-48(62)64-50(3,4)5/h9,11-13,16-20,23-24,26,33-35,37,39,41-44,58H,10,14-15,21-22,25,27-32H2,1-8H3,(H,53,59)(H,54,61)(H,55,60)(H,56,62)/t39-,41-,42-,43-,44-/m0/s1. The summed E-state index contributed by atoms with van der Waals surface area (Å²) in [6.07, 6.45) is 11.0. The number of aromatic nitrogens is 2. The number of amides is 4. The number of aliphatic hydroxyl groups excluding tert-OH is 1. The summed E-state index contributed by atoms with van der Waals surface area (Å²) in [5.41, 5.74) is 0.560. The van der Waals surface area contributed by atoms with E-state index < -0.39 is 59.4 Å². The van der Waals surface area contributed by atoms with Crippen molar-refractivity contribution in [1.82, 2.24) is 30.8 Å². The van der Waals surface area contributed by atoms with Crippen LogP contribution in [0.2, 0.25) is 0 Å². The van der Waals surface area contributed by atoms with Gasteiger partial charge in [-0.05, 0) is 102 Å². The molecule has 0 radical (unpaired) electrons. The van der Waals surface area contributed by atoms with E-state index in [2.05, 4.69) is 40.1 Å². The number of hydrogen-bond donors (Lipinski definition) is 5. The van der Waals surface area contributed by atoms with E-state index in [-0.39, 0.29) is 36.5 Å². The highest BCUT2D eigenvalue weighted by atomic mass is 16.6. The molecule has 3 aromatic rings. The van der Waals surface area contributed by atoms with Crippen LogP contribution in [0.1, 0.15) is 124 Å². The Labute approximate surface area is 386 Å². The zero-order chi connectivity index (χ0) is 47.6. The number of nitrogens with one attached hydrogen (secondary N) is 4. The van der Waals surface area contributed by atoms with Gasteiger partial charge in [-0.25, -0.2) is 19.1 Å². The summed E-state index contributed by atoms with van der Waals surface area (Å²) in [6, 6.07) is 16.0. The van der Waals surface area contributed by atoms with Crippen molar-refractivity contribution in [3.8, 4) is 0 Å². The maximum atomic E-state index is 14.8. The van der Waals surface area contributed by atoms with Crippen LogP contribution >= 0.6 is 0 Å². The molecule has 1 aliphatic carbocycles. The number of nitrogens with zero attached hydrogens (tertiary/aromatic N) is 2. The molecule has 1 saturated carbocycles. The molecule has 0 unspecified atom stereocenters. The van der Waals surface area contributed by atoms with Crippen molar-refractivity contribution < 1.29 is 38.6 Å². The lowest BCUT2D eigenvalue weighted by molar-refractivity contribution is -0.131. The van der Waals surface area contributed by atoms with Gasteiger partial charge in [0.1, 0.15) is 29.6 Å². The normalized spacial score (nSPS) is 15.9. The van der Waals surface area contributed by atoms with Crippen LogP contribution < -0.4 is 21.3 Å². The molecule has 14 nitrogen and oxygen atoms in total. The Hall–Kier alpha value is -5.50. The number of hydrogen-bond acceptors (Lipinski definition) is 9. The molecule has 1 aromatic heterocycles. The lowest BCUT2D eigenvalue weighted by Crippen LogP contribution is -2.58. The molecule has 1 heterocycles. The van der Waals surface area contributed by atoms with Crippen molar-refractivity contribution in [2.45, 2.75) is 161 Å². The van der Waals surface area contributed by atoms with Gasteiger partial charge >= 0.3 is 12.2 Å². The monoisotopic (exact) mass is 899 g/mol. The number of benzene rings is 2. The SMILES string of the molecule is CC(C)[C@@H](CC=CC(=O)NCCc1ccccc1)C[C@H](O)[C@H](CC1CCCCC1)NC(=O)[C@H](Cc1cncn1C(=O)OC(C)(C)C)NC(=O)[C@H](Cc1ccccc1)NC(=O)OC(C)(C)C. The van der Waals surface area contributed by atoms with E-state index in [1.807, 2.05) is 66.7 Å². The van der Waals surface area contributed by atoms with Crippen LogP contribution in [0.25, 0.3) is 0 Å². The average Bonchev–Trinajstić information content (AvgIpc) is 3.71. The van der Waals surface area contributed by atoms with Crippen LogP contribution in [0.4, 0.5) is 9.59 Å². The molecule has 356 valence electrons. The van der Waals surface area contributed by atoms with Gasteiger partial charge in [0.15, 0.2) is 0 Å². The highest BCUT2D eigenvalue weighted by Crippen LogP contribution is 2.30. The summed E-state index contributed by atoms with van der Waals surface area (Å²) in [4.78, 5) is 72.4. The molecule has 65 heavy (non-hydrogen) atoms. The van der Waals surface area contributed by atoms with Crippen molar-refractivity contribution in [1.29, 1.82) is 0 Å². The fourth-order valence-corrected chi connectivity index (χ4v) is 8.02. The smallest absolute Gasteiger partial charge is 0.420 e. The first-order valence-corrected chi connectivity index (χ1v) is 23.3. The van der Waals surface area contributed by atoms with E-state index in [4.69, 9.17) is 9.47 Å². The van der Waals surface area contributed by atoms with Gasteiger partial charge in [-0.2, -0.15) is 0 Å². The average molecular weight is 899 g/mol. The van der Waals surface area contributed by atoms with Crippen molar-refractivity contribution in [2.75, 3.05) is 6.54 Å². The molecule has 5 atom stereocenters. The second-order valence-corrected chi connectivity index (χ2v) is 19.7. The highest BCUT2D eigenvalue weighted by molar-refractivity contribution is 5.92. The lowest BCUT2D eigenvalue weighted by atomic mass is 9.80. The second kappa shape index (κ2) is 25.3. The van der Waals surface area contributed by atoms with Crippen LogP contribution in [-0.2, 0) is 43.1 Å². The molecule has 1 fully saturated rings. The minimum Gasteiger partial charge on any atom is -0.444 e. The first kappa shape index (κ1) is 52.1. The summed E-state index contributed by atoms with van der Waals surface area (Å²) in [5.74, 6) is -0.987. The number of rotatable bonds is 21. The Kier molecular flexibility index (Phi) is 20.3. The highest BCUT2D eigenvalue weighted by Gasteiger charge is 2.34. The Morgan fingerprint density at radius 3 is 2.02 bits per heavy atom. The molecule has 0 aliphatic heterocycles. The van der Waals surface area contributed by atoms with E-state index in [9.17, 15) is 29.1 Å². The third kappa shape index (κ3) is 19.2. The molecule has 14 heteroatoms. The fourth-order valence-electron chi connectivity index (χ4n) is 8.02. The zero-order valence-corrected chi connectivity index (χ0v) is 39.8. The predicted molar refractivity (Wildman–Crippen MR) is 252 cm³/mol. The van der Waals surface area contributed by atoms with E-state index >= 15 is 0 Å². The van der Waals surface area contributed by atoms with Crippen molar-refractivity contribution >= 4 is 29.9 Å². The second-order valence-electron chi connectivity index (χ2n) is 19.7. The lowest BCUT2D eigenvalue weighted by Gasteiger charge is -2.33. The van der Waals surface area contributed by atoms with Crippen LogP contribution in [0, 0.1) is 17.8 Å². The van der Waals surface area contributed by atoms with Crippen molar-refractivity contribution in [2.24, 2.45) is 17.8 Å². The van der Waals surface area contributed by atoms with Gasteiger partial charge in [-0.3, -0.25) is 14.4 Å². The molecule has 5 N–H and O–H groups in total. The summed E-state index contributed by atoms with van der Waals surface area (Å²) in [5, 5.41) is 23.8. The number of alkyl carbamates (subject to hydrolysis) is 1.